The van der Waals surface area contributed by atoms with Gasteiger partial charge in [0.25, 0.3) is 5.97 Å². The second-order valence-corrected chi connectivity index (χ2v) is 1.44. The van der Waals surface area contributed by atoms with E-state index in [1.165, 1.54) is 6.92 Å². The Morgan fingerprint density at radius 2 is 1.40 bits per heavy atom. The number of carboxylic acids is 1. The van der Waals surface area contributed by atoms with Crippen LogP contribution in [0.3, 0.4) is 0 Å². The molecule has 3 N–H and O–H groups in total. The molecule has 0 radical (unpaired) electrons. The fourth-order valence-corrected chi connectivity index (χ4v) is 0.203. The van der Waals surface area contributed by atoms with Gasteiger partial charge in [0.15, 0.2) is 0 Å². The molecule has 0 heterocycles. The van der Waals surface area contributed by atoms with Crippen LogP contribution < -0.4 is 0 Å². The molecule has 0 aliphatic carbocycles. The summed E-state index contributed by atoms with van der Waals surface area (Å²) < 4.78 is 4.40. The van der Waals surface area contributed by atoms with Crippen LogP contribution in [-0.2, 0) is 56.1 Å². The maximum atomic E-state index is 9.82. The Morgan fingerprint density at radius 1 is 1.20 bits per heavy atom. The van der Waals surface area contributed by atoms with Crippen LogP contribution in [0, 0.1) is 0 Å². The first-order valence-electron chi connectivity index (χ1n) is 3.41. The van der Waals surface area contributed by atoms with Crippen molar-refractivity contribution >= 4 is 45.6 Å². The van der Waals surface area contributed by atoms with Gasteiger partial charge in [0, 0.05) is 13.8 Å². The minimum absolute atomic E-state index is 0. The van der Waals surface area contributed by atoms with Crippen molar-refractivity contribution in [2.24, 2.45) is 0 Å². The maximum absolute atomic E-state index is 9.82. The predicted molar refractivity (Wildman–Crippen MR) is 50.7 cm³/mol. The third kappa shape index (κ3) is 118. The quantitative estimate of drug-likeness (QED) is 0.295. The van der Waals surface area contributed by atoms with Gasteiger partial charge in [-0.15, -0.1) is 0 Å². The number of hydrogen-bond donors (Lipinski definition) is 1. The molecule has 5 nitrogen and oxygen atoms in total. The van der Waals surface area contributed by atoms with Crippen LogP contribution in [0.5, 0.6) is 0 Å². The van der Waals surface area contributed by atoms with Gasteiger partial charge < -0.3 is 15.3 Å². The van der Waals surface area contributed by atoms with Gasteiger partial charge in [-0.1, -0.05) is 0 Å². The molecule has 0 aliphatic rings. The van der Waals surface area contributed by atoms with Crippen LogP contribution in [0.1, 0.15) is 20.8 Å². The summed E-state index contributed by atoms with van der Waals surface area (Å²) >= 11 is 6.56. The molecule has 15 heavy (non-hydrogen) atoms. The minimum atomic E-state index is -0.833. The zero-order chi connectivity index (χ0) is 12.6. The van der Waals surface area contributed by atoms with Crippen molar-refractivity contribution in [2.45, 2.75) is 20.8 Å². The van der Waals surface area contributed by atoms with Crippen molar-refractivity contribution in [1.82, 2.24) is 0 Å². The molecule has 0 unspecified atom stereocenters. The summed E-state index contributed by atoms with van der Waals surface area (Å²) in [6, 6.07) is 0. The summed E-state index contributed by atoms with van der Waals surface area (Å²) in [6.07, 6.45) is 0. The molecular formula is C6H14Cd2O5Te2. The van der Waals surface area contributed by atoms with Crippen molar-refractivity contribution in [3.8, 4) is 0 Å². The van der Waals surface area contributed by atoms with Crippen LogP contribution in [0.4, 0.5) is 0 Å². The summed E-state index contributed by atoms with van der Waals surface area (Å²) in [5.74, 6) is -1.04. The van der Waals surface area contributed by atoms with Gasteiger partial charge in [-0.25, -0.2) is 0 Å². The number of hydrogen-bond acceptors (Lipinski definition) is 3. The van der Waals surface area contributed by atoms with E-state index < -0.39 is 5.97 Å². The van der Waals surface area contributed by atoms with E-state index in [-0.39, 0.29) is 11.4 Å². The summed E-state index contributed by atoms with van der Waals surface area (Å²) in [6.45, 7) is 4.74. The summed E-state index contributed by atoms with van der Waals surface area (Å²) in [4.78, 5) is 18.8. The molecule has 0 atom stereocenters. The average molecular weight is 646 g/mol. The Hall–Kier alpha value is 2.32. The van der Waals surface area contributed by atoms with E-state index in [0.29, 0.717) is 6.61 Å². The Morgan fingerprint density at radius 3 is 1.40 bits per heavy atom. The van der Waals surface area contributed by atoms with Crippen LogP contribution in [0.25, 0.3) is 0 Å². The summed E-state index contributed by atoms with van der Waals surface area (Å²) in [7, 11) is 0. The predicted octanol–water partition coefficient (Wildman–Crippen LogP) is -0.931. The molecule has 0 aromatic rings. The van der Waals surface area contributed by atoms with Crippen molar-refractivity contribution in [3.05, 3.63) is 0 Å². The summed E-state index contributed by atoms with van der Waals surface area (Å²) in [5.41, 5.74) is 0. The molecule has 84 valence electrons. The normalized spacial score (nSPS) is 5.53. The standard InChI is InChI=1S/C4H8O2.C2H4O2.2Cd.H2O.2Te/c1-3-6-4(2)5;1-2(3)4;;;;;/h3H2,1-2H3;1H3,(H,3,4);;;1H2;;. The number of esters is 1. The third-order valence-electron chi connectivity index (χ3n) is 0.348. The summed E-state index contributed by atoms with van der Waals surface area (Å²) in [5, 5.41) is 7.42. The number of ether oxygens (including phenoxy) is 1. The molecule has 0 rings (SSSR count). The fraction of sp³-hybridized carbons (Fsp3) is 0.667. The van der Waals surface area contributed by atoms with Crippen molar-refractivity contribution in [2.75, 3.05) is 6.61 Å². The first-order valence-corrected chi connectivity index (χ1v) is 28.8. The average Bonchev–Trinajstić information content (AvgIpc) is 2.10. The number of aliphatic carboxylic acids is 1. The zero-order valence-corrected chi connectivity index (χ0v) is 21.8. The molecule has 0 saturated carbocycles. The van der Waals surface area contributed by atoms with Gasteiger partial charge in [0.1, 0.15) is 0 Å². The Bertz CT molecular complexity index is 141. The van der Waals surface area contributed by atoms with Gasteiger partial charge in [0.2, 0.25) is 0 Å². The molecule has 0 saturated heterocycles. The van der Waals surface area contributed by atoms with E-state index in [1.54, 1.807) is 6.92 Å². The van der Waals surface area contributed by atoms with Gasteiger partial charge in [0.05, 0.1) is 6.61 Å². The fourth-order valence-electron chi connectivity index (χ4n) is 0.203. The van der Waals surface area contributed by atoms with E-state index in [0.717, 1.165) is 48.7 Å². The van der Waals surface area contributed by atoms with Crippen molar-refractivity contribution < 1.29 is 66.7 Å². The van der Waals surface area contributed by atoms with Gasteiger partial charge >= 0.3 is 81.5 Å². The second kappa shape index (κ2) is 36.0. The zero-order valence-electron chi connectivity index (χ0n) is 9.11. The Balaban J connectivity index is -0.0000000327. The van der Waals surface area contributed by atoms with Crippen LogP contribution >= 0.6 is 0 Å². The van der Waals surface area contributed by atoms with E-state index in [1.807, 2.05) is 0 Å². The van der Waals surface area contributed by atoms with Crippen molar-refractivity contribution in [1.29, 1.82) is 0 Å². The number of carbonyl (C=O) groups excluding carboxylic acids is 1. The van der Waals surface area contributed by atoms with Gasteiger partial charge in [-0.3, -0.25) is 9.59 Å². The molecule has 0 bridgehead atoms. The topological polar surface area (TPSA) is 95.1 Å². The third-order valence-corrected chi connectivity index (χ3v) is 0.348. The molecular weight excluding hydrogens is 632 g/mol. The molecule has 9 heteroatoms. The molecule has 0 aromatic carbocycles. The van der Waals surface area contributed by atoms with Crippen LogP contribution in [0.15, 0.2) is 0 Å². The molecule has 0 fully saturated rings. The number of carbonyl (C=O) groups is 2. The monoisotopic (exact) mass is 654 g/mol. The van der Waals surface area contributed by atoms with Crippen LogP contribution in [-0.4, -0.2) is 62.8 Å². The molecule has 0 aliphatic heterocycles. The first kappa shape index (κ1) is 30.4. The van der Waals surface area contributed by atoms with E-state index in [2.05, 4.69) is 38.4 Å². The Kier molecular flexibility index (Phi) is 72.9. The van der Waals surface area contributed by atoms with Gasteiger partial charge in [-0.05, 0) is 6.92 Å². The van der Waals surface area contributed by atoms with Crippen LogP contribution in [0.2, 0.25) is 0 Å². The molecule has 0 aromatic heterocycles. The number of carboxylic acid groups (broad SMARTS) is 1. The van der Waals surface area contributed by atoms with Gasteiger partial charge in [-0.2, -0.15) is 0 Å². The number of rotatable bonds is 1. The first-order chi connectivity index (χ1) is 6.50. The Labute approximate surface area is 137 Å². The SMILES string of the molecule is CC(=O)O.CCOC(C)=O.O.[Cd]=[Te].[Cd]=[Te]. The van der Waals surface area contributed by atoms with Crippen molar-refractivity contribution in [3.63, 3.8) is 0 Å². The molecule has 0 spiro atoms. The second-order valence-electron chi connectivity index (χ2n) is 1.44. The van der Waals surface area contributed by atoms with E-state index in [9.17, 15) is 4.79 Å². The van der Waals surface area contributed by atoms with E-state index in [4.69, 9.17) is 9.90 Å². The molecule has 0 amide bonds. The van der Waals surface area contributed by atoms with E-state index >= 15 is 0 Å².